The first-order chi connectivity index (χ1) is 9.10. The number of rotatable bonds is 4. The number of halogens is 2. The van der Waals surface area contributed by atoms with Gasteiger partial charge in [0.05, 0.1) is 5.02 Å². The zero-order chi connectivity index (χ0) is 13.8. The van der Waals surface area contributed by atoms with Crippen LogP contribution in [0.2, 0.25) is 5.02 Å². The Bertz CT molecular complexity index is 553. The number of aromatic nitrogens is 1. The van der Waals surface area contributed by atoms with Crippen molar-refractivity contribution in [2.24, 2.45) is 0 Å². The number of anilines is 1. The summed E-state index contributed by atoms with van der Waals surface area (Å²) in [7, 11) is 1.98. The summed E-state index contributed by atoms with van der Waals surface area (Å²) in [6, 6.07) is 10.3. The number of hydrogen-bond acceptors (Lipinski definition) is 2. The van der Waals surface area contributed by atoms with Crippen molar-refractivity contribution in [3.05, 3.63) is 58.2 Å². The van der Waals surface area contributed by atoms with Gasteiger partial charge in [0.1, 0.15) is 5.82 Å². The number of hydrogen-bond donors (Lipinski definition) is 0. The summed E-state index contributed by atoms with van der Waals surface area (Å²) in [6.45, 7) is 2.85. The first-order valence-corrected chi connectivity index (χ1v) is 6.98. The summed E-state index contributed by atoms with van der Waals surface area (Å²) < 4.78 is 0. The third-order valence-electron chi connectivity index (χ3n) is 2.93. The molecule has 2 nitrogen and oxygen atoms in total. The molecular formula is C15H16Cl2N2. The molecule has 0 aliphatic rings. The molecule has 1 aromatic carbocycles. The second-order valence-corrected chi connectivity index (χ2v) is 5.30. The fourth-order valence-electron chi connectivity index (χ4n) is 1.87. The molecule has 0 N–H and O–H groups in total. The fourth-order valence-corrected chi connectivity index (χ4v) is 2.35. The molecule has 0 amide bonds. The van der Waals surface area contributed by atoms with Crippen molar-refractivity contribution in [1.82, 2.24) is 4.98 Å². The lowest BCUT2D eigenvalue weighted by Crippen LogP contribution is -2.18. The lowest BCUT2D eigenvalue weighted by molar-refractivity contribution is 0.896. The summed E-state index contributed by atoms with van der Waals surface area (Å²) in [5.41, 5.74) is 3.42. The summed E-state index contributed by atoms with van der Waals surface area (Å²) in [4.78, 5) is 6.40. The van der Waals surface area contributed by atoms with E-state index in [0.29, 0.717) is 10.9 Å². The van der Waals surface area contributed by atoms with Crippen LogP contribution in [0.5, 0.6) is 0 Å². The van der Waals surface area contributed by atoms with Gasteiger partial charge in [-0.25, -0.2) is 4.98 Å². The maximum Gasteiger partial charge on any atom is 0.147 e. The Balaban J connectivity index is 2.15. The molecule has 0 saturated carbocycles. The Morgan fingerprint density at radius 1 is 1.16 bits per heavy atom. The maximum absolute atomic E-state index is 6.23. The van der Waals surface area contributed by atoms with E-state index in [0.717, 1.165) is 17.9 Å². The van der Waals surface area contributed by atoms with Crippen molar-refractivity contribution in [2.45, 2.75) is 19.3 Å². The third kappa shape index (κ3) is 3.62. The van der Waals surface area contributed by atoms with E-state index < -0.39 is 0 Å². The Labute approximate surface area is 124 Å². The molecule has 0 bridgehead atoms. The lowest BCUT2D eigenvalue weighted by Gasteiger charge is -2.19. The molecule has 19 heavy (non-hydrogen) atoms. The summed E-state index contributed by atoms with van der Waals surface area (Å²) >= 11 is 12.0. The number of pyridine rings is 1. The second kappa shape index (κ2) is 6.27. The first-order valence-electron chi connectivity index (χ1n) is 6.07. The van der Waals surface area contributed by atoms with Gasteiger partial charge in [0.15, 0.2) is 0 Å². The number of alkyl halides is 1. The fraction of sp³-hybridized carbons (Fsp3) is 0.267. The van der Waals surface area contributed by atoms with Gasteiger partial charge in [-0.1, -0.05) is 41.4 Å². The van der Waals surface area contributed by atoms with Crippen molar-refractivity contribution < 1.29 is 0 Å². The molecule has 0 spiro atoms. The molecule has 0 unspecified atom stereocenters. The highest BCUT2D eigenvalue weighted by molar-refractivity contribution is 6.33. The van der Waals surface area contributed by atoms with Gasteiger partial charge in [-0.2, -0.15) is 0 Å². The molecule has 0 aliphatic carbocycles. The molecule has 1 aromatic heterocycles. The van der Waals surface area contributed by atoms with Gasteiger partial charge in [0.2, 0.25) is 0 Å². The molecule has 100 valence electrons. The Hall–Kier alpha value is -1.25. The van der Waals surface area contributed by atoms with E-state index in [1.54, 1.807) is 6.20 Å². The van der Waals surface area contributed by atoms with Crippen molar-refractivity contribution in [3.8, 4) is 0 Å². The van der Waals surface area contributed by atoms with Gasteiger partial charge in [-0.15, -0.1) is 11.6 Å². The average Bonchev–Trinajstić information content (AvgIpc) is 2.41. The first kappa shape index (κ1) is 14.2. The van der Waals surface area contributed by atoms with Gasteiger partial charge in [-0.3, -0.25) is 0 Å². The van der Waals surface area contributed by atoms with Gasteiger partial charge in [-0.05, 0) is 24.1 Å². The van der Waals surface area contributed by atoms with E-state index in [1.165, 1.54) is 11.1 Å². The van der Waals surface area contributed by atoms with Crippen LogP contribution in [0.25, 0.3) is 0 Å². The van der Waals surface area contributed by atoms with E-state index in [-0.39, 0.29) is 0 Å². The van der Waals surface area contributed by atoms with E-state index in [2.05, 4.69) is 36.2 Å². The smallest absolute Gasteiger partial charge is 0.147 e. The highest BCUT2D eigenvalue weighted by Gasteiger charge is 2.09. The highest BCUT2D eigenvalue weighted by Crippen LogP contribution is 2.25. The van der Waals surface area contributed by atoms with Crippen LogP contribution in [0.1, 0.15) is 16.7 Å². The van der Waals surface area contributed by atoms with E-state index in [4.69, 9.17) is 23.2 Å². The van der Waals surface area contributed by atoms with Crippen LogP contribution in [-0.2, 0) is 12.4 Å². The minimum atomic E-state index is 0.425. The lowest BCUT2D eigenvalue weighted by atomic mass is 10.1. The van der Waals surface area contributed by atoms with Crippen molar-refractivity contribution in [1.29, 1.82) is 0 Å². The van der Waals surface area contributed by atoms with Crippen LogP contribution >= 0.6 is 23.2 Å². The van der Waals surface area contributed by atoms with Crippen molar-refractivity contribution in [2.75, 3.05) is 11.9 Å². The highest BCUT2D eigenvalue weighted by atomic mass is 35.5. The topological polar surface area (TPSA) is 16.1 Å². The standard InChI is InChI=1S/C15H16Cl2N2/c1-11-3-5-12(6-4-11)10-19(2)15-14(17)7-13(8-16)9-18-15/h3-7,9H,8,10H2,1-2H3. The van der Waals surface area contributed by atoms with Crippen LogP contribution in [0, 0.1) is 6.92 Å². The largest absolute Gasteiger partial charge is 0.354 e. The average molecular weight is 295 g/mol. The second-order valence-electron chi connectivity index (χ2n) is 4.62. The summed E-state index contributed by atoms with van der Waals surface area (Å²) in [5.74, 6) is 1.20. The van der Waals surface area contributed by atoms with Gasteiger partial charge in [0.25, 0.3) is 0 Å². The van der Waals surface area contributed by atoms with Gasteiger partial charge in [0, 0.05) is 25.7 Å². The monoisotopic (exact) mass is 294 g/mol. The number of benzene rings is 1. The molecule has 0 atom stereocenters. The zero-order valence-corrected chi connectivity index (χ0v) is 12.5. The SMILES string of the molecule is Cc1ccc(CN(C)c2ncc(CCl)cc2Cl)cc1. The Kier molecular flexibility index (Phi) is 4.67. The van der Waals surface area contributed by atoms with Gasteiger partial charge < -0.3 is 4.90 Å². The maximum atomic E-state index is 6.23. The number of nitrogens with zero attached hydrogens (tertiary/aromatic N) is 2. The molecule has 0 fully saturated rings. The predicted octanol–water partition coefficient (Wildman–Crippen LogP) is 4.42. The summed E-state index contributed by atoms with van der Waals surface area (Å²) in [6.07, 6.45) is 1.76. The Morgan fingerprint density at radius 3 is 2.42 bits per heavy atom. The molecular weight excluding hydrogens is 279 g/mol. The molecule has 0 radical (unpaired) electrons. The molecule has 2 rings (SSSR count). The van der Waals surface area contributed by atoms with Crippen LogP contribution in [-0.4, -0.2) is 12.0 Å². The minimum absolute atomic E-state index is 0.425. The van der Waals surface area contributed by atoms with Crippen LogP contribution in [0.3, 0.4) is 0 Å². The zero-order valence-electron chi connectivity index (χ0n) is 11.0. The van der Waals surface area contributed by atoms with Crippen molar-refractivity contribution in [3.63, 3.8) is 0 Å². The van der Waals surface area contributed by atoms with E-state index in [9.17, 15) is 0 Å². The van der Waals surface area contributed by atoms with Crippen LogP contribution < -0.4 is 4.90 Å². The molecule has 1 heterocycles. The van der Waals surface area contributed by atoms with E-state index in [1.807, 2.05) is 18.0 Å². The Morgan fingerprint density at radius 2 is 1.84 bits per heavy atom. The minimum Gasteiger partial charge on any atom is -0.354 e. The molecule has 2 aromatic rings. The molecule has 4 heteroatoms. The van der Waals surface area contributed by atoms with Crippen molar-refractivity contribution >= 4 is 29.0 Å². The van der Waals surface area contributed by atoms with Gasteiger partial charge >= 0.3 is 0 Å². The number of aryl methyl sites for hydroxylation is 1. The molecule has 0 saturated heterocycles. The predicted molar refractivity (Wildman–Crippen MR) is 82.1 cm³/mol. The van der Waals surface area contributed by atoms with Crippen LogP contribution in [0.4, 0.5) is 5.82 Å². The normalized spacial score (nSPS) is 10.5. The van der Waals surface area contributed by atoms with Crippen LogP contribution in [0.15, 0.2) is 36.5 Å². The quantitative estimate of drug-likeness (QED) is 0.776. The van der Waals surface area contributed by atoms with E-state index >= 15 is 0 Å². The third-order valence-corrected chi connectivity index (χ3v) is 3.52. The molecule has 0 aliphatic heterocycles. The summed E-state index contributed by atoms with van der Waals surface area (Å²) in [5, 5.41) is 0.632.